The first kappa shape index (κ1) is 12.3. The van der Waals surface area contributed by atoms with Gasteiger partial charge in [-0.2, -0.15) is 0 Å². The van der Waals surface area contributed by atoms with Crippen LogP contribution < -0.4 is 0 Å². The molecule has 0 N–H and O–H groups in total. The van der Waals surface area contributed by atoms with Gasteiger partial charge in [-0.1, -0.05) is 32.1 Å². The molecule has 0 unspecified atom stereocenters. The van der Waals surface area contributed by atoms with Gasteiger partial charge in [0.1, 0.15) is 0 Å². The molecule has 88 valence electrons. The fourth-order valence-electron chi connectivity index (χ4n) is 2.35. The Labute approximate surface area is 109 Å². The number of carbonyl (C=O) groups excluding carboxylic acids is 1. The lowest BCUT2D eigenvalue weighted by atomic mass is 9.85. The third-order valence-corrected chi connectivity index (χ3v) is 5.51. The van der Waals surface area contributed by atoms with Crippen LogP contribution in [-0.2, 0) is 0 Å². The molecule has 0 spiro atoms. The van der Waals surface area contributed by atoms with Crippen molar-refractivity contribution < 1.29 is 4.79 Å². The average Bonchev–Trinajstić information content (AvgIpc) is 2.61. The Morgan fingerprint density at radius 3 is 2.69 bits per heavy atom. The highest BCUT2D eigenvalue weighted by molar-refractivity contribution is 9.11. The minimum Gasteiger partial charge on any atom is -0.293 e. The predicted molar refractivity (Wildman–Crippen MR) is 72.3 cm³/mol. The summed E-state index contributed by atoms with van der Waals surface area (Å²) in [5, 5.41) is 0. The number of halogens is 1. The Kier molecular flexibility index (Phi) is 4.20. The molecule has 1 heterocycles. The highest BCUT2D eigenvalue weighted by Gasteiger charge is 2.19. The van der Waals surface area contributed by atoms with Gasteiger partial charge in [-0.05, 0) is 40.4 Å². The number of ketones is 1. The van der Waals surface area contributed by atoms with Crippen molar-refractivity contribution in [3.8, 4) is 0 Å². The lowest BCUT2D eigenvalue weighted by Crippen LogP contribution is -2.11. The first-order valence-corrected chi connectivity index (χ1v) is 7.57. The zero-order valence-corrected chi connectivity index (χ0v) is 12.0. The van der Waals surface area contributed by atoms with Gasteiger partial charge in [0.25, 0.3) is 0 Å². The molecule has 1 aromatic rings. The zero-order valence-electron chi connectivity index (χ0n) is 9.59. The largest absolute Gasteiger partial charge is 0.293 e. The van der Waals surface area contributed by atoms with E-state index in [1.54, 1.807) is 11.3 Å². The van der Waals surface area contributed by atoms with E-state index in [9.17, 15) is 4.79 Å². The van der Waals surface area contributed by atoms with E-state index in [-0.39, 0.29) is 0 Å². The Morgan fingerprint density at radius 1 is 1.44 bits per heavy atom. The minimum atomic E-state index is 0.339. The van der Waals surface area contributed by atoms with Gasteiger partial charge in [0.2, 0.25) is 0 Å². The van der Waals surface area contributed by atoms with Crippen LogP contribution in [-0.4, -0.2) is 5.78 Å². The Balaban J connectivity index is 1.96. The van der Waals surface area contributed by atoms with Crippen molar-refractivity contribution in [1.29, 1.82) is 0 Å². The molecule has 1 fully saturated rings. The molecule has 0 saturated heterocycles. The number of carbonyl (C=O) groups is 1. The summed E-state index contributed by atoms with van der Waals surface area (Å²) < 4.78 is 1.10. The van der Waals surface area contributed by atoms with Crippen molar-refractivity contribution in [2.45, 2.75) is 45.4 Å². The molecule has 1 aliphatic carbocycles. The summed E-state index contributed by atoms with van der Waals surface area (Å²) in [5.41, 5.74) is 1.18. The number of hydrogen-bond acceptors (Lipinski definition) is 2. The van der Waals surface area contributed by atoms with Gasteiger partial charge >= 0.3 is 0 Å². The molecule has 1 nitrogen and oxygen atoms in total. The molecular formula is C13H17BrOS. The van der Waals surface area contributed by atoms with Gasteiger partial charge in [-0.3, -0.25) is 4.79 Å². The molecule has 16 heavy (non-hydrogen) atoms. The third kappa shape index (κ3) is 2.95. The van der Waals surface area contributed by atoms with Crippen LogP contribution in [0, 0.1) is 12.8 Å². The standard InChI is InChI=1S/C13H17BrOS/c1-9-7-12(16-13(9)14)11(15)8-10-5-3-2-4-6-10/h7,10H,2-6,8H2,1H3. The first-order chi connectivity index (χ1) is 7.66. The van der Waals surface area contributed by atoms with Gasteiger partial charge in [0.15, 0.2) is 5.78 Å². The average molecular weight is 301 g/mol. The van der Waals surface area contributed by atoms with E-state index < -0.39 is 0 Å². The number of rotatable bonds is 3. The molecule has 1 aliphatic rings. The molecule has 1 saturated carbocycles. The van der Waals surface area contributed by atoms with Crippen LogP contribution in [0.2, 0.25) is 0 Å². The molecule has 0 amide bonds. The van der Waals surface area contributed by atoms with Crippen molar-refractivity contribution in [3.63, 3.8) is 0 Å². The van der Waals surface area contributed by atoms with Crippen LogP contribution in [0.4, 0.5) is 0 Å². The highest BCUT2D eigenvalue weighted by atomic mass is 79.9. The van der Waals surface area contributed by atoms with Gasteiger partial charge in [0.05, 0.1) is 8.66 Å². The van der Waals surface area contributed by atoms with Crippen molar-refractivity contribution >= 4 is 33.0 Å². The molecule has 0 radical (unpaired) electrons. The summed E-state index contributed by atoms with van der Waals surface area (Å²) in [7, 11) is 0. The molecule has 2 rings (SSSR count). The predicted octanol–water partition coefficient (Wildman–Crippen LogP) is 4.97. The van der Waals surface area contributed by atoms with E-state index in [0.717, 1.165) is 15.1 Å². The van der Waals surface area contributed by atoms with Gasteiger partial charge in [-0.25, -0.2) is 0 Å². The van der Waals surface area contributed by atoms with Crippen molar-refractivity contribution in [3.05, 3.63) is 20.3 Å². The van der Waals surface area contributed by atoms with E-state index in [1.165, 1.54) is 37.7 Å². The summed E-state index contributed by atoms with van der Waals surface area (Å²) in [4.78, 5) is 13.0. The summed E-state index contributed by atoms with van der Waals surface area (Å²) in [6.45, 7) is 2.04. The highest BCUT2D eigenvalue weighted by Crippen LogP contribution is 2.31. The van der Waals surface area contributed by atoms with Crippen molar-refractivity contribution in [2.24, 2.45) is 5.92 Å². The minimum absolute atomic E-state index is 0.339. The lowest BCUT2D eigenvalue weighted by Gasteiger charge is -2.20. The smallest absolute Gasteiger partial charge is 0.173 e. The molecule has 0 atom stereocenters. The first-order valence-electron chi connectivity index (χ1n) is 5.96. The number of aryl methyl sites for hydroxylation is 1. The summed E-state index contributed by atoms with van der Waals surface area (Å²) >= 11 is 5.05. The lowest BCUT2D eigenvalue weighted by molar-refractivity contribution is 0.0954. The van der Waals surface area contributed by atoms with Gasteiger partial charge in [0, 0.05) is 6.42 Å². The van der Waals surface area contributed by atoms with Crippen LogP contribution >= 0.6 is 27.3 Å². The fraction of sp³-hybridized carbons (Fsp3) is 0.615. The van der Waals surface area contributed by atoms with Crippen LogP contribution in [0.1, 0.15) is 53.8 Å². The van der Waals surface area contributed by atoms with Gasteiger partial charge in [-0.15, -0.1) is 11.3 Å². The maximum Gasteiger partial charge on any atom is 0.173 e. The fourth-order valence-corrected chi connectivity index (χ4v) is 3.83. The van der Waals surface area contributed by atoms with E-state index >= 15 is 0 Å². The van der Waals surface area contributed by atoms with E-state index in [0.29, 0.717) is 11.7 Å². The van der Waals surface area contributed by atoms with Crippen LogP contribution in [0.15, 0.2) is 9.85 Å². The van der Waals surface area contributed by atoms with E-state index in [1.807, 2.05) is 13.0 Å². The molecule has 0 aromatic carbocycles. The van der Waals surface area contributed by atoms with Crippen molar-refractivity contribution in [1.82, 2.24) is 0 Å². The molecular weight excluding hydrogens is 284 g/mol. The normalized spacial score (nSPS) is 17.6. The Hall–Kier alpha value is -0.150. The second kappa shape index (κ2) is 5.46. The van der Waals surface area contributed by atoms with Crippen molar-refractivity contribution in [2.75, 3.05) is 0 Å². The SMILES string of the molecule is Cc1cc(C(=O)CC2CCCCC2)sc1Br. The second-order valence-corrected chi connectivity index (χ2v) is 7.07. The number of hydrogen-bond donors (Lipinski definition) is 0. The van der Waals surface area contributed by atoms with Crippen LogP contribution in [0.3, 0.4) is 0 Å². The van der Waals surface area contributed by atoms with E-state index in [4.69, 9.17) is 0 Å². The second-order valence-electron chi connectivity index (χ2n) is 4.70. The van der Waals surface area contributed by atoms with Crippen LogP contribution in [0.25, 0.3) is 0 Å². The van der Waals surface area contributed by atoms with E-state index in [2.05, 4.69) is 15.9 Å². The maximum atomic E-state index is 12.1. The monoisotopic (exact) mass is 300 g/mol. The quantitative estimate of drug-likeness (QED) is 0.720. The molecule has 0 aliphatic heterocycles. The summed E-state index contributed by atoms with van der Waals surface area (Å²) in [6.07, 6.45) is 7.23. The summed E-state index contributed by atoms with van der Waals surface area (Å²) in [6, 6.07) is 2.01. The van der Waals surface area contributed by atoms with Crippen LogP contribution in [0.5, 0.6) is 0 Å². The molecule has 1 aromatic heterocycles. The Morgan fingerprint density at radius 2 is 2.12 bits per heavy atom. The maximum absolute atomic E-state index is 12.1. The topological polar surface area (TPSA) is 17.1 Å². The molecule has 0 bridgehead atoms. The molecule has 3 heteroatoms. The zero-order chi connectivity index (χ0) is 11.5. The Bertz CT molecular complexity index is 358. The van der Waals surface area contributed by atoms with Gasteiger partial charge < -0.3 is 0 Å². The summed E-state index contributed by atoms with van der Waals surface area (Å²) in [5.74, 6) is 0.980. The number of thiophene rings is 1. The number of Topliss-reactive ketones (excluding diaryl/α,β-unsaturated/α-hetero) is 1. The third-order valence-electron chi connectivity index (χ3n) is 3.33.